The maximum absolute atomic E-state index is 14.2. The number of alkyl halides is 2. The zero-order valence-electron chi connectivity index (χ0n) is 18.6. The maximum atomic E-state index is 14.2. The molecule has 3 heterocycles. The van der Waals surface area contributed by atoms with Gasteiger partial charge in [0.2, 0.25) is 0 Å². The van der Waals surface area contributed by atoms with Crippen molar-refractivity contribution in [3.8, 4) is 6.07 Å². The van der Waals surface area contributed by atoms with Crippen LogP contribution in [-0.2, 0) is 14.3 Å². The Labute approximate surface area is 212 Å². The van der Waals surface area contributed by atoms with E-state index >= 15 is 0 Å². The van der Waals surface area contributed by atoms with Gasteiger partial charge >= 0.3 is 12.1 Å². The van der Waals surface area contributed by atoms with Gasteiger partial charge in [-0.25, -0.2) is 23.6 Å². The molecular weight excluding hydrogens is 520 g/mol. The van der Waals surface area contributed by atoms with Crippen molar-refractivity contribution in [2.45, 2.75) is 24.4 Å². The molecule has 36 heavy (non-hydrogen) atoms. The maximum Gasteiger partial charge on any atom is 0.513 e. The smallest absolute Gasteiger partial charge is 0.480 e. The minimum absolute atomic E-state index is 0.106. The Hall–Kier alpha value is -3.60. The van der Waals surface area contributed by atoms with Gasteiger partial charge in [0.1, 0.15) is 12.1 Å². The van der Waals surface area contributed by atoms with Crippen LogP contribution < -0.4 is 5.32 Å². The van der Waals surface area contributed by atoms with E-state index in [1.807, 2.05) is 6.07 Å². The van der Waals surface area contributed by atoms with Crippen molar-refractivity contribution in [3.05, 3.63) is 62.4 Å². The standard InChI is InChI=1S/C22H18ClF2N5O5S/c1-34-21(33)35-17-14(9-30-10-22(24,25)7-15(30)20(31)32)28-18(19-27-4-5-36-19)29-16(17)12-3-2-11(8-26)6-13(12)23/h2-6,15-16H,7,9-10H2,1H3,(H,28,29)(H,31,32)/t15-,16+/m0/s1. The number of nitrogens with zero attached hydrogens (tertiary/aromatic N) is 4. The van der Waals surface area contributed by atoms with Crippen molar-refractivity contribution in [2.75, 3.05) is 20.2 Å². The topological polar surface area (TPSA) is 137 Å². The van der Waals surface area contributed by atoms with Gasteiger partial charge in [0, 0.05) is 35.1 Å². The molecule has 2 aliphatic heterocycles. The molecule has 14 heteroatoms. The number of aromatic nitrogens is 1. The molecule has 4 rings (SSSR count). The Balaban J connectivity index is 1.83. The number of aliphatic carboxylic acids is 1. The van der Waals surface area contributed by atoms with Crippen LogP contribution in [0.2, 0.25) is 5.02 Å². The fourth-order valence-electron chi connectivity index (χ4n) is 3.93. The molecule has 1 aromatic carbocycles. The number of methoxy groups -OCH3 is 1. The molecule has 2 atom stereocenters. The Kier molecular flexibility index (Phi) is 7.21. The zero-order valence-corrected chi connectivity index (χ0v) is 20.1. The molecule has 0 unspecified atom stereocenters. The van der Waals surface area contributed by atoms with E-state index in [0.717, 1.165) is 12.0 Å². The van der Waals surface area contributed by atoms with Gasteiger partial charge < -0.3 is 19.9 Å². The minimum atomic E-state index is -3.22. The number of likely N-dealkylation sites (tertiary alicyclic amines) is 1. The lowest BCUT2D eigenvalue weighted by molar-refractivity contribution is -0.142. The Morgan fingerprint density at radius 1 is 1.44 bits per heavy atom. The van der Waals surface area contributed by atoms with Gasteiger partial charge in [0.25, 0.3) is 5.92 Å². The number of ether oxygens (including phenoxy) is 2. The monoisotopic (exact) mass is 537 g/mol. The number of nitriles is 1. The van der Waals surface area contributed by atoms with Crippen molar-refractivity contribution in [1.82, 2.24) is 15.2 Å². The molecule has 0 radical (unpaired) electrons. The van der Waals surface area contributed by atoms with E-state index < -0.39 is 43.1 Å². The lowest BCUT2D eigenvalue weighted by Gasteiger charge is -2.30. The molecule has 0 amide bonds. The van der Waals surface area contributed by atoms with Crippen LogP contribution in [0, 0.1) is 11.3 Å². The number of benzene rings is 1. The number of aliphatic imine (C=N–C) groups is 1. The summed E-state index contributed by atoms with van der Waals surface area (Å²) in [5, 5.41) is 24.0. The molecule has 2 aromatic rings. The SMILES string of the molecule is COC(=O)OC1=C(CN2CC(F)(F)C[C@H]2C(=O)O)NC(c2nccs2)=N[C@@H]1c1ccc(C#N)cc1Cl. The van der Waals surface area contributed by atoms with Crippen LogP contribution in [0.25, 0.3) is 0 Å². The third kappa shape index (κ3) is 5.30. The van der Waals surface area contributed by atoms with Crippen molar-refractivity contribution in [2.24, 2.45) is 4.99 Å². The first-order valence-corrected chi connectivity index (χ1v) is 11.7. The van der Waals surface area contributed by atoms with E-state index in [1.165, 1.54) is 29.5 Å². The molecular formula is C22H18ClF2N5O5S. The number of carbonyl (C=O) groups is 2. The van der Waals surface area contributed by atoms with Gasteiger partial charge in [-0.3, -0.25) is 9.69 Å². The number of hydrogen-bond acceptors (Lipinski definition) is 10. The molecule has 0 bridgehead atoms. The Morgan fingerprint density at radius 2 is 2.22 bits per heavy atom. The van der Waals surface area contributed by atoms with Gasteiger partial charge in [0.15, 0.2) is 16.6 Å². The summed E-state index contributed by atoms with van der Waals surface area (Å²) in [5.74, 6) is -4.50. The van der Waals surface area contributed by atoms with Crippen LogP contribution in [0.5, 0.6) is 0 Å². The van der Waals surface area contributed by atoms with Gasteiger partial charge in [-0.1, -0.05) is 17.7 Å². The average molecular weight is 538 g/mol. The molecule has 0 aliphatic carbocycles. The van der Waals surface area contributed by atoms with Gasteiger partial charge in [0.05, 0.1) is 31.0 Å². The van der Waals surface area contributed by atoms with E-state index in [1.54, 1.807) is 11.6 Å². The van der Waals surface area contributed by atoms with E-state index in [2.05, 4.69) is 20.0 Å². The molecule has 1 saturated heterocycles. The van der Waals surface area contributed by atoms with Crippen LogP contribution in [0.1, 0.15) is 28.6 Å². The predicted octanol–water partition coefficient (Wildman–Crippen LogP) is 3.55. The van der Waals surface area contributed by atoms with E-state index in [9.17, 15) is 28.7 Å². The highest BCUT2D eigenvalue weighted by molar-refractivity contribution is 7.11. The number of rotatable bonds is 6. The first-order valence-electron chi connectivity index (χ1n) is 10.4. The van der Waals surface area contributed by atoms with Gasteiger partial charge in [-0.05, 0) is 12.1 Å². The highest BCUT2D eigenvalue weighted by Crippen LogP contribution is 2.38. The van der Waals surface area contributed by atoms with E-state index in [0.29, 0.717) is 10.6 Å². The summed E-state index contributed by atoms with van der Waals surface area (Å²) in [5.41, 5.74) is 0.740. The first kappa shape index (κ1) is 25.5. The average Bonchev–Trinajstić information content (AvgIpc) is 3.47. The molecule has 10 nitrogen and oxygen atoms in total. The molecule has 0 saturated carbocycles. The quantitative estimate of drug-likeness (QED) is 0.530. The van der Waals surface area contributed by atoms with Crippen LogP contribution in [0.3, 0.4) is 0 Å². The van der Waals surface area contributed by atoms with Crippen LogP contribution >= 0.6 is 22.9 Å². The van der Waals surface area contributed by atoms with Crippen LogP contribution in [0.4, 0.5) is 13.6 Å². The third-order valence-electron chi connectivity index (χ3n) is 5.51. The van der Waals surface area contributed by atoms with Gasteiger partial charge in [-0.15, -0.1) is 11.3 Å². The number of carbonyl (C=O) groups excluding carboxylic acids is 1. The van der Waals surface area contributed by atoms with E-state index in [4.69, 9.17) is 16.3 Å². The second-order valence-corrected chi connectivity index (χ2v) is 9.21. The lowest BCUT2D eigenvalue weighted by atomic mass is 10.0. The first-order chi connectivity index (χ1) is 17.1. The van der Waals surface area contributed by atoms with Crippen molar-refractivity contribution < 1.29 is 33.0 Å². The number of carboxylic acids is 1. The summed E-state index contributed by atoms with van der Waals surface area (Å²) in [6.45, 7) is -1.15. The second kappa shape index (κ2) is 10.2. The molecule has 0 spiro atoms. The fourth-order valence-corrected chi connectivity index (χ4v) is 4.80. The van der Waals surface area contributed by atoms with Gasteiger partial charge in [-0.2, -0.15) is 5.26 Å². The van der Waals surface area contributed by atoms with Crippen molar-refractivity contribution in [1.29, 1.82) is 5.26 Å². The normalized spacial score (nSPS) is 21.4. The number of hydrogen-bond donors (Lipinski definition) is 2. The van der Waals surface area contributed by atoms with Crippen molar-refractivity contribution in [3.63, 3.8) is 0 Å². The highest BCUT2D eigenvalue weighted by Gasteiger charge is 2.49. The molecule has 188 valence electrons. The number of halogens is 3. The summed E-state index contributed by atoms with van der Waals surface area (Å²) in [4.78, 5) is 33.7. The summed E-state index contributed by atoms with van der Waals surface area (Å²) in [6, 6.07) is 3.88. The summed E-state index contributed by atoms with van der Waals surface area (Å²) < 4.78 is 38.4. The minimum Gasteiger partial charge on any atom is -0.480 e. The summed E-state index contributed by atoms with van der Waals surface area (Å²) in [6.07, 6.45) is -0.422. The summed E-state index contributed by atoms with van der Waals surface area (Å²) in [7, 11) is 1.09. The summed E-state index contributed by atoms with van der Waals surface area (Å²) >= 11 is 7.68. The molecule has 1 aromatic heterocycles. The number of carboxylic acid groups (broad SMARTS) is 1. The fraction of sp³-hybridized carbons (Fsp3) is 0.318. The highest BCUT2D eigenvalue weighted by atomic mass is 35.5. The number of nitrogens with one attached hydrogen (secondary N) is 1. The van der Waals surface area contributed by atoms with E-state index in [-0.39, 0.29) is 34.4 Å². The molecule has 2 aliphatic rings. The number of thiazole rings is 1. The number of amidine groups is 1. The Bertz CT molecular complexity index is 1290. The molecule has 2 N–H and O–H groups in total. The molecule has 1 fully saturated rings. The van der Waals surface area contributed by atoms with Crippen molar-refractivity contribution >= 4 is 40.9 Å². The predicted molar refractivity (Wildman–Crippen MR) is 124 cm³/mol. The third-order valence-corrected chi connectivity index (χ3v) is 6.61. The van der Waals surface area contributed by atoms with Crippen LogP contribution in [0.15, 0.2) is 46.2 Å². The zero-order chi connectivity index (χ0) is 26.0. The lowest BCUT2D eigenvalue weighted by Crippen LogP contribution is -2.43. The van der Waals surface area contributed by atoms with Crippen LogP contribution in [-0.4, -0.2) is 65.1 Å². The second-order valence-electron chi connectivity index (χ2n) is 7.91. The largest absolute Gasteiger partial charge is 0.513 e. The Morgan fingerprint density at radius 3 is 2.83 bits per heavy atom.